The summed E-state index contributed by atoms with van der Waals surface area (Å²) in [6.07, 6.45) is 1.20. The monoisotopic (exact) mass is 533 g/mol. The Morgan fingerprint density at radius 3 is 2.82 bits per heavy atom. The largest absolute Gasteiger partial charge is 0.444 e. The van der Waals surface area contributed by atoms with E-state index in [2.05, 4.69) is 16.8 Å². The van der Waals surface area contributed by atoms with Crippen molar-refractivity contribution in [2.45, 2.75) is 51.4 Å². The fourth-order valence-electron chi connectivity index (χ4n) is 5.78. The summed E-state index contributed by atoms with van der Waals surface area (Å²) >= 11 is 0. The maximum absolute atomic E-state index is 15.3. The topological polar surface area (TPSA) is 76.9 Å². The number of rotatable bonds is 1. The molecule has 1 amide bonds. The van der Waals surface area contributed by atoms with Crippen LogP contribution in [0.5, 0.6) is 0 Å². The molecule has 1 aliphatic carbocycles. The van der Waals surface area contributed by atoms with Crippen LogP contribution in [-0.4, -0.2) is 51.4 Å². The van der Waals surface area contributed by atoms with Crippen LogP contribution in [0.4, 0.5) is 20.7 Å². The van der Waals surface area contributed by atoms with Crippen molar-refractivity contribution in [3.05, 3.63) is 63.8 Å². The van der Waals surface area contributed by atoms with E-state index >= 15 is 4.39 Å². The number of anilines is 2. The van der Waals surface area contributed by atoms with Gasteiger partial charge in [0, 0.05) is 41.0 Å². The molecule has 3 aromatic rings. The van der Waals surface area contributed by atoms with Gasteiger partial charge in [0.25, 0.3) is 0 Å². The molecule has 0 spiro atoms. The molecule has 0 N–H and O–H groups in total. The number of amides is 1. The van der Waals surface area contributed by atoms with Gasteiger partial charge in [-0.3, -0.25) is 9.47 Å². The maximum Gasteiger partial charge on any atom is 0.411 e. The summed E-state index contributed by atoms with van der Waals surface area (Å²) in [5.41, 5.74) is -0.263. The van der Waals surface area contributed by atoms with Gasteiger partial charge in [-0.1, -0.05) is 24.0 Å². The molecule has 2 bridgehead atoms. The summed E-state index contributed by atoms with van der Waals surface area (Å²) in [7, 11) is 0. The number of benzene rings is 2. The van der Waals surface area contributed by atoms with Gasteiger partial charge in [0.05, 0.1) is 24.1 Å². The number of hydrogen-bond donors (Lipinski definition) is 0. The summed E-state index contributed by atoms with van der Waals surface area (Å²) in [6.45, 7) is 3.99. The highest BCUT2D eigenvalue weighted by molar-refractivity contribution is 5.92. The zero-order valence-electron chi connectivity index (χ0n) is 25.1. The van der Waals surface area contributed by atoms with Gasteiger partial charge in [-0.25, -0.2) is 14.0 Å². The third-order valence-electron chi connectivity index (χ3n) is 7.51. The van der Waals surface area contributed by atoms with Crippen LogP contribution in [0.15, 0.2) is 41.2 Å². The summed E-state index contributed by atoms with van der Waals surface area (Å²) in [4.78, 5) is 33.5. The van der Waals surface area contributed by atoms with E-state index in [0.717, 1.165) is 18.4 Å². The van der Waals surface area contributed by atoms with E-state index in [1.54, 1.807) is 9.80 Å². The van der Waals surface area contributed by atoms with Gasteiger partial charge in [-0.2, -0.15) is 4.98 Å². The van der Waals surface area contributed by atoms with E-state index < -0.39 is 29.6 Å². The van der Waals surface area contributed by atoms with Crippen LogP contribution >= 0.6 is 0 Å². The highest BCUT2D eigenvalue weighted by Crippen LogP contribution is 2.50. The number of aryl methyl sites for hydroxylation is 1. The van der Waals surface area contributed by atoms with Gasteiger partial charge >= 0.3 is 11.8 Å². The number of fused-ring (bicyclic) bond motifs is 3. The van der Waals surface area contributed by atoms with Crippen LogP contribution in [0.3, 0.4) is 0 Å². The van der Waals surface area contributed by atoms with Crippen molar-refractivity contribution in [2.24, 2.45) is 12.9 Å². The summed E-state index contributed by atoms with van der Waals surface area (Å²) in [6, 6.07) is 9.46. The summed E-state index contributed by atoms with van der Waals surface area (Å²) < 4.78 is 50.9. The quantitative estimate of drug-likeness (QED) is 0.429. The van der Waals surface area contributed by atoms with Crippen LogP contribution in [0.25, 0.3) is 10.9 Å². The average molecular weight is 534 g/mol. The average Bonchev–Trinajstić information content (AvgIpc) is 3.33. The SMILES string of the molecule is [2H]C([2H])([2H])n1c(=O)nc(N2CCOCc3c(C#CC45CC(CN4C(=O)OC(C)(C)C)C5)cccc32)c2c(F)cccc21. The van der Waals surface area contributed by atoms with E-state index in [0.29, 0.717) is 28.3 Å². The molecule has 3 aliphatic heterocycles. The third kappa shape index (κ3) is 4.33. The number of nitrogens with zero attached hydrogens (tertiary/aromatic N) is 4. The molecule has 2 aromatic carbocycles. The number of aromatic nitrogens is 2. The Morgan fingerprint density at radius 2 is 2.05 bits per heavy atom. The molecule has 9 heteroatoms. The van der Waals surface area contributed by atoms with Gasteiger partial charge < -0.3 is 14.4 Å². The molecule has 39 heavy (non-hydrogen) atoms. The van der Waals surface area contributed by atoms with Crippen LogP contribution in [0, 0.1) is 23.6 Å². The zero-order chi connectivity index (χ0) is 30.0. The Bertz CT molecular complexity index is 1710. The first-order valence-electron chi connectivity index (χ1n) is 14.5. The molecular weight excluding hydrogens is 499 g/mol. The van der Waals surface area contributed by atoms with Gasteiger partial charge in [-0.05, 0) is 63.8 Å². The van der Waals surface area contributed by atoms with Gasteiger partial charge in [0.15, 0.2) is 5.82 Å². The lowest BCUT2D eigenvalue weighted by atomic mass is 9.73. The lowest BCUT2D eigenvalue weighted by Gasteiger charge is -2.37. The highest BCUT2D eigenvalue weighted by atomic mass is 19.1. The Labute approximate surface area is 230 Å². The molecule has 1 aromatic heterocycles. The van der Waals surface area contributed by atoms with Crippen LogP contribution in [-0.2, 0) is 23.1 Å². The molecular formula is C30H31FN4O4. The normalized spacial score (nSPS) is 23.5. The highest BCUT2D eigenvalue weighted by Gasteiger charge is 2.58. The molecule has 4 aliphatic rings. The van der Waals surface area contributed by atoms with Gasteiger partial charge in [-0.15, -0.1) is 0 Å². The second kappa shape index (κ2) is 9.09. The Kier molecular flexibility index (Phi) is 5.12. The van der Waals surface area contributed by atoms with Crippen LogP contribution in [0.2, 0.25) is 0 Å². The molecule has 0 unspecified atom stereocenters. The lowest BCUT2D eigenvalue weighted by Crippen LogP contribution is -2.48. The van der Waals surface area contributed by atoms with E-state index in [-0.39, 0.29) is 42.6 Å². The lowest BCUT2D eigenvalue weighted by molar-refractivity contribution is 0.0172. The second-order valence-corrected chi connectivity index (χ2v) is 11.3. The van der Waals surface area contributed by atoms with Crippen molar-refractivity contribution in [3.63, 3.8) is 0 Å². The molecule has 0 radical (unpaired) electrons. The molecule has 3 fully saturated rings. The van der Waals surface area contributed by atoms with Crippen molar-refractivity contribution in [3.8, 4) is 11.8 Å². The van der Waals surface area contributed by atoms with Crippen molar-refractivity contribution < 1.29 is 22.8 Å². The Balaban J connectivity index is 1.43. The molecule has 1 saturated carbocycles. The van der Waals surface area contributed by atoms with Gasteiger partial charge in [0.1, 0.15) is 17.0 Å². The summed E-state index contributed by atoms with van der Waals surface area (Å²) in [5.74, 6) is 6.36. The van der Waals surface area contributed by atoms with Crippen molar-refractivity contribution >= 4 is 28.5 Å². The molecule has 0 atom stereocenters. The standard InChI is InChI=1S/C30H31FN4O4/c1-29(2,3)39-28(37)35-17-19-15-30(35,16-19)12-11-20-7-5-9-23-21(20)18-38-14-13-34(23)26-25-22(31)8-6-10-24(25)33(4)27(36)32-26/h5-10,19H,13-18H2,1-4H3/i4D3. The molecule has 7 rings (SSSR count). The van der Waals surface area contributed by atoms with Gasteiger partial charge in [0.2, 0.25) is 0 Å². The minimum atomic E-state index is -2.84. The fraction of sp³-hybridized carbons (Fsp3) is 0.433. The zero-order valence-corrected chi connectivity index (χ0v) is 22.1. The predicted molar refractivity (Wildman–Crippen MR) is 145 cm³/mol. The Hall–Kier alpha value is -3.90. The number of hydrogen-bond acceptors (Lipinski definition) is 6. The number of carbonyl (C=O) groups is 1. The van der Waals surface area contributed by atoms with Crippen molar-refractivity contribution in [2.75, 3.05) is 24.6 Å². The first-order chi connectivity index (χ1) is 19.8. The van der Waals surface area contributed by atoms with Crippen LogP contribution < -0.4 is 10.6 Å². The smallest absolute Gasteiger partial charge is 0.411 e. The van der Waals surface area contributed by atoms with Crippen LogP contribution in [0.1, 0.15) is 48.9 Å². The number of ether oxygens (including phenoxy) is 2. The molecule has 2 saturated heterocycles. The fourth-order valence-corrected chi connectivity index (χ4v) is 5.78. The van der Waals surface area contributed by atoms with E-state index in [9.17, 15) is 9.59 Å². The van der Waals surface area contributed by atoms with E-state index in [4.69, 9.17) is 13.6 Å². The third-order valence-corrected chi connectivity index (χ3v) is 7.51. The second-order valence-electron chi connectivity index (χ2n) is 11.3. The van der Waals surface area contributed by atoms with E-state index in [1.165, 1.54) is 18.2 Å². The number of carbonyl (C=O) groups excluding carboxylic acids is 1. The van der Waals surface area contributed by atoms with Crippen molar-refractivity contribution in [1.29, 1.82) is 0 Å². The molecule has 4 heterocycles. The number of halogens is 1. The Morgan fingerprint density at radius 1 is 1.26 bits per heavy atom. The molecule has 8 nitrogen and oxygen atoms in total. The minimum absolute atomic E-state index is 0.0118. The first kappa shape index (κ1) is 22.0. The maximum atomic E-state index is 15.3. The summed E-state index contributed by atoms with van der Waals surface area (Å²) in [5, 5.41) is -0.0732. The van der Waals surface area contributed by atoms with E-state index in [1.807, 2.05) is 39.0 Å². The predicted octanol–water partition coefficient (Wildman–Crippen LogP) is 4.49. The minimum Gasteiger partial charge on any atom is -0.444 e. The van der Waals surface area contributed by atoms with Crippen molar-refractivity contribution in [1.82, 2.24) is 14.5 Å². The first-order valence-corrected chi connectivity index (χ1v) is 13.0. The molecule has 202 valence electrons.